The summed E-state index contributed by atoms with van der Waals surface area (Å²) in [5.74, 6) is 2.18. The summed E-state index contributed by atoms with van der Waals surface area (Å²) in [4.78, 5) is 11.3. The number of anilines is 1. The minimum Gasteiger partial charge on any atom is -0.356 e. The van der Waals surface area contributed by atoms with E-state index in [0.717, 1.165) is 50.3 Å². The molecule has 2 aliphatic rings. The average Bonchev–Trinajstić information content (AvgIpc) is 3.07. The van der Waals surface area contributed by atoms with Crippen LogP contribution < -0.4 is 10.6 Å². The molecule has 6 nitrogen and oxygen atoms in total. The highest BCUT2D eigenvalue weighted by atomic mass is 15.2. The monoisotopic (exact) mass is 298 g/mol. The molecule has 3 N–H and O–H groups in total. The first kappa shape index (κ1) is 13.7. The Morgan fingerprint density at radius 2 is 1.95 bits per heavy atom. The van der Waals surface area contributed by atoms with E-state index in [1.165, 1.54) is 5.69 Å². The Hall–Kier alpha value is -1.95. The zero-order valence-electron chi connectivity index (χ0n) is 12.7. The summed E-state index contributed by atoms with van der Waals surface area (Å²) in [5, 5.41) is 7.16. The molecule has 0 amide bonds. The van der Waals surface area contributed by atoms with Crippen LogP contribution in [0, 0.1) is 0 Å². The lowest BCUT2D eigenvalue weighted by molar-refractivity contribution is 0.345. The number of nitrogens with one attached hydrogen (secondary N) is 1. The summed E-state index contributed by atoms with van der Waals surface area (Å²) < 4.78 is 0. The molecule has 2 aromatic rings. The van der Waals surface area contributed by atoms with Gasteiger partial charge in [-0.1, -0.05) is 0 Å². The van der Waals surface area contributed by atoms with E-state index in [4.69, 9.17) is 5.73 Å². The summed E-state index contributed by atoms with van der Waals surface area (Å²) in [5.41, 5.74) is 8.30. The fourth-order valence-electron chi connectivity index (χ4n) is 3.57. The normalized spacial score (nSPS) is 26.0. The molecule has 2 fully saturated rings. The van der Waals surface area contributed by atoms with Crippen molar-refractivity contribution >= 4 is 5.82 Å². The van der Waals surface area contributed by atoms with Gasteiger partial charge < -0.3 is 10.6 Å². The average molecular weight is 298 g/mol. The molecule has 3 heterocycles. The van der Waals surface area contributed by atoms with Gasteiger partial charge in [0, 0.05) is 54.6 Å². The van der Waals surface area contributed by atoms with E-state index in [9.17, 15) is 0 Å². The quantitative estimate of drug-likeness (QED) is 0.902. The van der Waals surface area contributed by atoms with E-state index in [2.05, 4.69) is 37.2 Å². The van der Waals surface area contributed by atoms with Crippen molar-refractivity contribution in [3.05, 3.63) is 36.0 Å². The van der Waals surface area contributed by atoms with Crippen molar-refractivity contribution in [3.63, 3.8) is 0 Å². The number of aromatic amines is 1. The van der Waals surface area contributed by atoms with Crippen molar-refractivity contribution in [2.45, 2.75) is 43.6 Å². The molecule has 1 aliphatic heterocycles. The van der Waals surface area contributed by atoms with E-state index >= 15 is 0 Å². The van der Waals surface area contributed by atoms with Gasteiger partial charge in [-0.05, 0) is 31.7 Å². The molecule has 22 heavy (non-hydrogen) atoms. The van der Waals surface area contributed by atoms with Gasteiger partial charge in [-0.15, -0.1) is 0 Å². The number of H-pyrrole nitrogens is 1. The molecule has 1 saturated heterocycles. The molecule has 0 aromatic carbocycles. The van der Waals surface area contributed by atoms with Crippen LogP contribution in [-0.2, 0) is 0 Å². The van der Waals surface area contributed by atoms with E-state index in [0.29, 0.717) is 17.9 Å². The van der Waals surface area contributed by atoms with Gasteiger partial charge in [0.2, 0.25) is 0 Å². The summed E-state index contributed by atoms with van der Waals surface area (Å²) in [6, 6.07) is 4.60. The highest BCUT2D eigenvalue weighted by Gasteiger charge is 2.29. The molecule has 0 bridgehead atoms. The Kier molecular flexibility index (Phi) is 3.54. The number of piperidine rings is 1. The molecule has 4 rings (SSSR count). The Bertz CT molecular complexity index is 611. The van der Waals surface area contributed by atoms with Crippen LogP contribution in [0.4, 0.5) is 5.82 Å². The molecule has 116 valence electrons. The van der Waals surface area contributed by atoms with Crippen LogP contribution >= 0.6 is 0 Å². The predicted octanol–water partition coefficient (Wildman–Crippen LogP) is 1.79. The zero-order valence-corrected chi connectivity index (χ0v) is 12.7. The van der Waals surface area contributed by atoms with Crippen molar-refractivity contribution in [2.75, 3.05) is 18.0 Å². The number of hydrogen-bond donors (Lipinski definition) is 2. The Morgan fingerprint density at radius 1 is 1.14 bits per heavy atom. The molecule has 6 heteroatoms. The maximum Gasteiger partial charge on any atom is 0.132 e. The van der Waals surface area contributed by atoms with Crippen molar-refractivity contribution in [3.8, 4) is 0 Å². The molecule has 0 atom stereocenters. The van der Waals surface area contributed by atoms with Gasteiger partial charge in [-0.3, -0.25) is 5.10 Å². The minimum atomic E-state index is 0.355. The molecule has 2 aromatic heterocycles. The van der Waals surface area contributed by atoms with Crippen LogP contribution in [0.15, 0.2) is 24.7 Å². The van der Waals surface area contributed by atoms with Crippen molar-refractivity contribution < 1.29 is 0 Å². The molecule has 1 aliphatic carbocycles. The second-order valence-corrected chi connectivity index (χ2v) is 6.50. The van der Waals surface area contributed by atoms with Crippen molar-refractivity contribution in [2.24, 2.45) is 5.73 Å². The first-order valence-corrected chi connectivity index (χ1v) is 8.11. The highest BCUT2D eigenvalue weighted by Crippen LogP contribution is 2.36. The van der Waals surface area contributed by atoms with Gasteiger partial charge in [-0.2, -0.15) is 5.10 Å². The lowest BCUT2D eigenvalue weighted by atomic mass is 9.78. The second-order valence-electron chi connectivity index (χ2n) is 6.50. The van der Waals surface area contributed by atoms with Gasteiger partial charge in [0.15, 0.2) is 0 Å². The SMILES string of the molecule is NC1CC(c2cc(N3CCC(c4ccn[nH]4)CC3)ncn2)C1. The maximum absolute atomic E-state index is 5.89. The Labute approximate surface area is 130 Å². The van der Waals surface area contributed by atoms with Crippen LogP contribution in [0.2, 0.25) is 0 Å². The Morgan fingerprint density at radius 3 is 2.64 bits per heavy atom. The van der Waals surface area contributed by atoms with Gasteiger partial charge in [0.1, 0.15) is 12.1 Å². The lowest BCUT2D eigenvalue weighted by Crippen LogP contribution is -2.36. The summed E-state index contributed by atoms with van der Waals surface area (Å²) in [6.45, 7) is 2.06. The lowest BCUT2D eigenvalue weighted by Gasteiger charge is -2.34. The van der Waals surface area contributed by atoms with Crippen LogP contribution in [-0.4, -0.2) is 39.3 Å². The third kappa shape index (κ3) is 2.59. The van der Waals surface area contributed by atoms with Crippen LogP contribution in [0.25, 0.3) is 0 Å². The third-order valence-electron chi connectivity index (χ3n) is 5.05. The van der Waals surface area contributed by atoms with Crippen LogP contribution in [0.5, 0.6) is 0 Å². The topological polar surface area (TPSA) is 83.7 Å². The number of hydrogen-bond acceptors (Lipinski definition) is 5. The zero-order chi connectivity index (χ0) is 14.9. The van der Waals surface area contributed by atoms with Gasteiger partial charge in [0.25, 0.3) is 0 Å². The number of nitrogens with two attached hydrogens (primary N) is 1. The second kappa shape index (κ2) is 5.68. The summed E-state index contributed by atoms with van der Waals surface area (Å²) in [6.07, 6.45) is 7.92. The number of aromatic nitrogens is 4. The largest absolute Gasteiger partial charge is 0.356 e. The van der Waals surface area contributed by atoms with Crippen molar-refractivity contribution in [1.82, 2.24) is 20.2 Å². The molecular weight excluding hydrogens is 276 g/mol. The van der Waals surface area contributed by atoms with Crippen LogP contribution in [0.3, 0.4) is 0 Å². The van der Waals surface area contributed by atoms with E-state index < -0.39 is 0 Å². The first-order chi connectivity index (χ1) is 10.8. The molecule has 0 spiro atoms. The Balaban J connectivity index is 1.42. The predicted molar refractivity (Wildman–Crippen MR) is 84.8 cm³/mol. The highest BCUT2D eigenvalue weighted by molar-refractivity contribution is 5.41. The molecular formula is C16H22N6. The molecule has 0 radical (unpaired) electrons. The smallest absolute Gasteiger partial charge is 0.132 e. The summed E-state index contributed by atoms with van der Waals surface area (Å²) >= 11 is 0. The maximum atomic E-state index is 5.89. The fraction of sp³-hybridized carbons (Fsp3) is 0.562. The van der Waals surface area contributed by atoms with Gasteiger partial charge in [0.05, 0.1) is 0 Å². The third-order valence-corrected chi connectivity index (χ3v) is 5.05. The van der Waals surface area contributed by atoms with Crippen molar-refractivity contribution in [1.29, 1.82) is 0 Å². The number of rotatable bonds is 3. The summed E-state index contributed by atoms with van der Waals surface area (Å²) in [7, 11) is 0. The van der Waals surface area contributed by atoms with E-state index in [1.807, 2.05) is 6.20 Å². The first-order valence-electron chi connectivity index (χ1n) is 8.11. The molecule has 1 saturated carbocycles. The van der Waals surface area contributed by atoms with E-state index in [1.54, 1.807) is 6.33 Å². The minimum absolute atomic E-state index is 0.355. The van der Waals surface area contributed by atoms with Gasteiger partial charge in [-0.25, -0.2) is 9.97 Å². The van der Waals surface area contributed by atoms with Gasteiger partial charge >= 0.3 is 0 Å². The van der Waals surface area contributed by atoms with Crippen LogP contribution in [0.1, 0.15) is 48.9 Å². The van der Waals surface area contributed by atoms with E-state index in [-0.39, 0.29) is 0 Å². The standard InChI is InChI=1S/C16H22N6/c17-13-7-12(8-13)15-9-16(19-10-18-15)22-5-2-11(3-6-22)14-1-4-20-21-14/h1,4,9-13H,2-3,5-8,17H2,(H,20,21). The molecule has 0 unspecified atom stereocenters. The number of nitrogens with zero attached hydrogens (tertiary/aromatic N) is 4. The fourth-order valence-corrected chi connectivity index (χ4v) is 3.57.